The summed E-state index contributed by atoms with van der Waals surface area (Å²) in [5.41, 5.74) is 2.34. The third-order valence-electron chi connectivity index (χ3n) is 5.45. The first-order valence-electron chi connectivity index (χ1n) is 11.2. The molecule has 10 heteroatoms. The van der Waals surface area contributed by atoms with Crippen LogP contribution in [-0.4, -0.2) is 24.5 Å². The van der Waals surface area contributed by atoms with Crippen LogP contribution in [0.2, 0.25) is 10.0 Å². The number of amides is 4. The van der Waals surface area contributed by atoms with E-state index >= 15 is 0 Å². The number of benzene rings is 3. The van der Waals surface area contributed by atoms with Gasteiger partial charge >= 0.3 is 6.03 Å². The first kappa shape index (κ1) is 26.7. The zero-order valence-electron chi connectivity index (χ0n) is 19.8. The van der Waals surface area contributed by atoms with Gasteiger partial charge in [0.15, 0.2) is 11.5 Å². The van der Waals surface area contributed by atoms with Gasteiger partial charge in [-0.3, -0.25) is 14.9 Å². The van der Waals surface area contributed by atoms with Crippen LogP contribution in [0.1, 0.15) is 23.6 Å². The molecule has 1 aliphatic heterocycles. The van der Waals surface area contributed by atoms with Crippen LogP contribution in [0.4, 0.5) is 10.5 Å². The molecule has 0 radical (unpaired) electrons. The topological polar surface area (TPSA) is 84.9 Å². The quantitative estimate of drug-likeness (QED) is 0.240. The molecule has 0 bridgehead atoms. The first-order valence-corrected chi connectivity index (χ1v) is 12.7. The molecule has 1 saturated heterocycles. The highest BCUT2D eigenvalue weighted by atomic mass is 79.9. The highest BCUT2D eigenvalue weighted by Gasteiger charge is 2.37. The molecule has 190 valence electrons. The van der Waals surface area contributed by atoms with E-state index in [0.29, 0.717) is 43.9 Å². The minimum atomic E-state index is -0.810. The van der Waals surface area contributed by atoms with Gasteiger partial charge in [0.25, 0.3) is 11.8 Å². The first-order chi connectivity index (χ1) is 17.7. The Balaban J connectivity index is 1.66. The lowest BCUT2D eigenvalue weighted by Gasteiger charge is -2.26. The Morgan fingerprint density at radius 3 is 2.35 bits per heavy atom. The zero-order chi connectivity index (χ0) is 26.7. The van der Waals surface area contributed by atoms with Gasteiger partial charge in [0, 0.05) is 20.1 Å². The summed E-state index contributed by atoms with van der Waals surface area (Å²) in [5.74, 6) is -0.698. The SMILES string of the molecule is CCOc1cc(/C=C2\C(=O)NC(=O)N(c3ccc(C)cc3)C2=O)c(Br)cc1OCc1ccc(Cl)cc1Cl. The molecule has 37 heavy (non-hydrogen) atoms. The van der Waals surface area contributed by atoms with E-state index in [1.165, 1.54) is 6.08 Å². The van der Waals surface area contributed by atoms with Crippen LogP contribution in [0.3, 0.4) is 0 Å². The Hall–Kier alpha value is -3.33. The van der Waals surface area contributed by atoms with E-state index in [1.54, 1.807) is 54.6 Å². The molecule has 1 aliphatic rings. The van der Waals surface area contributed by atoms with Crippen molar-refractivity contribution in [2.45, 2.75) is 20.5 Å². The minimum absolute atomic E-state index is 0.164. The van der Waals surface area contributed by atoms with Crippen molar-refractivity contribution in [3.8, 4) is 11.5 Å². The average molecular weight is 604 g/mol. The lowest BCUT2D eigenvalue weighted by Crippen LogP contribution is -2.54. The summed E-state index contributed by atoms with van der Waals surface area (Å²) in [5, 5.41) is 3.22. The third-order valence-corrected chi connectivity index (χ3v) is 6.73. The van der Waals surface area contributed by atoms with Gasteiger partial charge in [-0.05, 0) is 61.9 Å². The minimum Gasteiger partial charge on any atom is -0.490 e. The van der Waals surface area contributed by atoms with Gasteiger partial charge in [-0.25, -0.2) is 9.69 Å². The van der Waals surface area contributed by atoms with E-state index in [4.69, 9.17) is 32.7 Å². The molecule has 0 atom stereocenters. The van der Waals surface area contributed by atoms with Gasteiger partial charge in [-0.1, -0.05) is 62.9 Å². The number of anilines is 1. The summed E-state index contributed by atoms with van der Waals surface area (Å²) in [6.07, 6.45) is 1.40. The molecular formula is C27H21BrCl2N2O5. The van der Waals surface area contributed by atoms with Crippen LogP contribution in [0.15, 0.2) is 64.6 Å². The van der Waals surface area contributed by atoms with Gasteiger partial charge in [0.1, 0.15) is 12.2 Å². The van der Waals surface area contributed by atoms with Crippen molar-refractivity contribution >= 4 is 68.7 Å². The highest BCUT2D eigenvalue weighted by molar-refractivity contribution is 9.10. The lowest BCUT2D eigenvalue weighted by molar-refractivity contribution is -0.122. The molecule has 4 rings (SSSR count). The maximum absolute atomic E-state index is 13.2. The zero-order valence-corrected chi connectivity index (χ0v) is 22.9. The summed E-state index contributed by atoms with van der Waals surface area (Å²) in [7, 11) is 0. The van der Waals surface area contributed by atoms with E-state index in [1.807, 2.05) is 13.8 Å². The lowest BCUT2D eigenvalue weighted by atomic mass is 10.1. The molecule has 7 nitrogen and oxygen atoms in total. The van der Waals surface area contributed by atoms with Crippen LogP contribution in [-0.2, 0) is 16.2 Å². The number of urea groups is 1. The van der Waals surface area contributed by atoms with E-state index in [9.17, 15) is 14.4 Å². The van der Waals surface area contributed by atoms with Gasteiger partial charge in [-0.2, -0.15) is 0 Å². The van der Waals surface area contributed by atoms with Crippen molar-refractivity contribution < 1.29 is 23.9 Å². The number of nitrogens with one attached hydrogen (secondary N) is 1. The van der Waals surface area contributed by atoms with Crippen LogP contribution in [0.5, 0.6) is 11.5 Å². The fourth-order valence-electron chi connectivity index (χ4n) is 3.58. The molecule has 0 saturated carbocycles. The summed E-state index contributed by atoms with van der Waals surface area (Å²) in [6.45, 7) is 4.23. The molecule has 4 amide bonds. The number of imide groups is 2. The van der Waals surface area contributed by atoms with Gasteiger partial charge < -0.3 is 9.47 Å². The van der Waals surface area contributed by atoms with E-state index < -0.39 is 17.8 Å². The third kappa shape index (κ3) is 5.98. The van der Waals surface area contributed by atoms with Crippen LogP contribution in [0, 0.1) is 6.92 Å². The molecule has 0 unspecified atom stereocenters. The number of ether oxygens (including phenoxy) is 2. The Bertz CT molecular complexity index is 1420. The van der Waals surface area contributed by atoms with Crippen molar-refractivity contribution in [1.29, 1.82) is 0 Å². The molecule has 3 aromatic carbocycles. The van der Waals surface area contributed by atoms with Crippen LogP contribution in [0.25, 0.3) is 6.08 Å². The Kier molecular flexibility index (Phi) is 8.22. The van der Waals surface area contributed by atoms with E-state index in [2.05, 4.69) is 21.2 Å². The second kappa shape index (κ2) is 11.4. The average Bonchev–Trinajstić information content (AvgIpc) is 2.84. The number of aryl methyl sites for hydroxylation is 1. The van der Waals surface area contributed by atoms with E-state index in [0.717, 1.165) is 16.0 Å². The smallest absolute Gasteiger partial charge is 0.335 e. The fourth-order valence-corrected chi connectivity index (χ4v) is 4.48. The van der Waals surface area contributed by atoms with Crippen molar-refractivity contribution in [3.05, 3.63) is 91.4 Å². The number of nitrogens with zero attached hydrogens (tertiary/aromatic N) is 1. The van der Waals surface area contributed by atoms with Gasteiger partial charge in [0.05, 0.1) is 12.3 Å². The van der Waals surface area contributed by atoms with Crippen LogP contribution >= 0.6 is 39.1 Å². The number of barbiturate groups is 1. The Morgan fingerprint density at radius 1 is 0.973 bits per heavy atom. The maximum Gasteiger partial charge on any atom is 0.335 e. The van der Waals surface area contributed by atoms with Gasteiger partial charge in [-0.15, -0.1) is 0 Å². The maximum atomic E-state index is 13.2. The number of carbonyl (C=O) groups is 3. The number of halogens is 3. The summed E-state index contributed by atoms with van der Waals surface area (Å²) >= 11 is 15.7. The molecule has 1 heterocycles. The summed E-state index contributed by atoms with van der Waals surface area (Å²) < 4.78 is 12.3. The normalized spacial score (nSPS) is 14.7. The summed E-state index contributed by atoms with van der Waals surface area (Å²) in [4.78, 5) is 39.2. The second-order valence-electron chi connectivity index (χ2n) is 8.07. The number of hydrogen-bond acceptors (Lipinski definition) is 5. The standard InChI is InChI=1S/C27H21BrCl2N2O5/c1-3-36-23-11-17(21(28)13-24(23)37-14-16-6-7-18(29)12-22(16)30)10-20-25(33)31-27(35)32(26(20)34)19-8-4-15(2)5-9-19/h4-13H,3,14H2,1-2H3,(H,31,33,35)/b20-10+. The Labute approximate surface area is 232 Å². The van der Waals surface area contributed by atoms with Crippen molar-refractivity contribution in [2.75, 3.05) is 11.5 Å². The summed E-state index contributed by atoms with van der Waals surface area (Å²) in [6, 6.07) is 14.5. The monoisotopic (exact) mass is 602 g/mol. The van der Waals surface area contributed by atoms with Crippen molar-refractivity contribution in [3.63, 3.8) is 0 Å². The molecule has 0 aromatic heterocycles. The predicted molar refractivity (Wildman–Crippen MR) is 146 cm³/mol. The molecular weight excluding hydrogens is 583 g/mol. The van der Waals surface area contributed by atoms with E-state index in [-0.39, 0.29) is 12.2 Å². The molecule has 0 spiro atoms. The largest absolute Gasteiger partial charge is 0.490 e. The van der Waals surface area contributed by atoms with Gasteiger partial charge in [0.2, 0.25) is 0 Å². The van der Waals surface area contributed by atoms with Crippen LogP contribution < -0.4 is 19.7 Å². The molecule has 3 aromatic rings. The molecule has 1 fully saturated rings. The van der Waals surface area contributed by atoms with Crippen molar-refractivity contribution in [1.82, 2.24) is 5.32 Å². The predicted octanol–water partition coefficient (Wildman–Crippen LogP) is 6.71. The molecule has 0 aliphatic carbocycles. The molecule has 1 N–H and O–H groups in total. The van der Waals surface area contributed by atoms with Crippen molar-refractivity contribution in [2.24, 2.45) is 0 Å². The Morgan fingerprint density at radius 2 is 1.68 bits per heavy atom. The second-order valence-corrected chi connectivity index (χ2v) is 9.77. The number of hydrogen-bond donors (Lipinski definition) is 1. The number of carbonyl (C=O) groups excluding carboxylic acids is 3. The highest BCUT2D eigenvalue weighted by Crippen LogP contribution is 2.36. The fraction of sp³-hybridized carbons (Fsp3) is 0.148. The number of rotatable bonds is 7.